The summed E-state index contributed by atoms with van der Waals surface area (Å²) < 4.78 is 67.2. The number of hydrogen-bond acceptors (Lipinski definition) is 13. The molecule has 0 aliphatic carbocycles. The normalized spacial score (nSPS) is 26.6. The molecule has 0 unspecified atom stereocenters. The summed E-state index contributed by atoms with van der Waals surface area (Å²) in [5.41, 5.74) is 6.08. The summed E-state index contributed by atoms with van der Waals surface area (Å²) in [5.74, 6) is 0.0780. The zero-order valence-corrected chi connectivity index (χ0v) is 18.9. The molecule has 2 aromatic heterocycles. The zero-order valence-electron chi connectivity index (χ0n) is 13.1. The van der Waals surface area contributed by atoms with Crippen molar-refractivity contribution in [1.82, 2.24) is 19.5 Å². The Morgan fingerprint density at radius 3 is 2.56 bits per heavy atom. The number of anilines is 1. The molecule has 1 aliphatic heterocycles. The SMILES string of the molecule is Nc1ncnc2c1ncn2[C@@H]1O[C@H](C[O][W](=[O])(=[O])[O][W](=[O])(=[O])[OH])[C@@H](O)[C@H]1O. The van der Waals surface area contributed by atoms with Gasteiger partial charge in [0, 0.05) is 0 Å². The quantitative estimate of drug-likeness (QED) is 0.239. The van der Waals surface area contributed by atoms with Crippen LogP contribution in [0.5, 0.6) is 0 Å². The number of aliphatic hydroxyl groups is 2. The van der Waals surface area contributed by atoms with E-state index in [1.165, 1.54) is 10.9 Å². The van der Waals surface area contributed by atoms with Crippen molar-refractivity contribution in [3.63, 3.8) is 0 Å². The third-order valence-electron chi connectivity index (χ3n) is 3.54. The second-order valence-electron chi connectivity index (χ2n) is 5.32. The first-order chi connectivity index (χ1) is 12.5. The van der Waals surface area contributed by atoms with Gasteiger partial charge in [-0.3, -0.25) is 0 Å². The van der Waals surface area contributed by atoms with Crippen molar-refractivity contribution in [2.24, 2.45) is 0 Å². The van der Waals surface area contributed by atoms with Crippen molar-refractivity contribution in [1.29, 1.82) is 0 Å². The van der Waals surface area contributed by atoms with E-state index in [2.05, 4.69) is 20.4 Å². The molecule has 5 N–H and O–H groups in total. The second-order valence-corrected chi connectivity index (χ2v) is 16.7. The van der Waals surface area contributed by atoms with Crippen LogP contribution in [0.4, 0.5) is 5.82 Å². The van der Waals surface area contributed by atoms with E-state index in [4.69, 9.17) is 14.2 Å². The van der Waals surface area contributed by atoms with E-state index in [0.717, 1.165) is 6.33 Å². The predicted molar refractivity (Wildman–Crippen MR) is 67.7 cm³/mol. The molecule has 0 aromatic carbocycles. The van der Waals surface area contributed by atoms with Crippen LogP contribution in [-0.2, 0) is 57.3 Å². The third-order valence-corrected chi connectivity index (χ3v) is 16.2. The average Bonchev–Trinajstić information content (AvgIpc) is 3.07. The van der Waals surface area contributed by atoms with E-state index < -0.39 is 64.6 Å². The molecule has 1 fully saturated rings. The fourth-order valence-electron chi connectivity index (χ4n) is 2.43. The van der Waals surface area contributed by atoms with Gasteiger partial charge in [-0.2, -0.15) is 0 Å². The Balaban J connectivity index is 1.77. The molecule has 17 heteroatoms. The standard InChI is InChI=1S/C10H12N5O4.H2O.5O.2W/c11-8-5-9(13-2-12-8)15(3-14-5)10-7(18)6(17)4(1-16)19-10;;;;;;;;/h2-4,6-7,10,17-18H,1H2,(H2,11,12,13);1H2;;;;;;;/q-1;;;;;;;2*+1/p-1/t4-,6-,7-,10-;;;;;;;;/m1......../s1. The van der Waals surface area contributed by atoms with E-state index in [1.54, 1.807) is 0 Å². The van der Waals surface area contributed by atoms with Crippen molar-refractivity contribution >= 4 is 17.0 Å². The van der Waals surface area contributed by atoms with Gasteiger partial charge in [-0.05, 0) is 0 Å². The van der Waals surface area contributed by atoms with Crippen LogP contribution in [-0.4, -0.2) is 58.4 Å². The summed E-state index contributed by atoms with van der Waals surface area (Å²) in [7, 11) is 0. The monoisotopic (exact) mass is 731 g/mol. The summed E-state index contributed by atoms with van der Waals surface area (Å²) in [6.07, 6.45) is -3.30. The Morgan fingerprint density at radius 2 is 1.89 bits per heavy atom. The van der Waals surface area contributed by atoms with E-state index in [1.807, 2.05) is 0 Å². The molecule has 1 saturated heterocycles. The molecule has 0 bridgehead atoms. The predicted octanol–water partition coefficient (Wildman–Crippen LogP) is -2.60. The van der Waals surface area contributed by atoms with Gasteiger partial charge < -0.3 is 0 Å². The van der Waals surface area contributed by atoms with Crippen molar-refractivity contribution < 1.29 is 71.2 Å². The fourth-order valence-corrected chi connectivity index (χ4v) is 11.8. The Hall–Kier alpha value is -1.31. The van der Waals surface area contributed by atoms with Crippen LogP contribution in [0, 0.1) is 0 Å². The van der Waals surface area contributed by atoms with Crippen LogP contribution in [0.2, 0.25) is 0 Å². The summed E-state index contributed by atoms with van der Waals surface area (Å²) >= 11 is -13.0. The molecule has 1 aliphatic rings. The molecule has 27 heavy (non-hydrogen) atoms. The minimum absolute atomic E-state index is 0.0780. The number of imidazole rings is 1. The molecule has 15 nitrogen and oxygen atoms in total. The summed E-state index contributed by atoms with van der Waals surface area (Å²) in [5, 5.41) is 20.2. The van der Waals surface area contributed by atoms with Gasteiger partial charge in [0.05, 0.1) is 0 Å². The molecule has 0 saturated carbocycles. The number of rotatable bonds is 6. The number of nitrogen functional groups attached to an aromatic ring is 1. The molecular weight excluding hydrogens is 718 g/mol. The zero-order chi connectivity index (χ0) is 20.0. The van der Waals surface area contributed by atoms with Gasteiger partial charge in [0.15, 0.2) is 0 Å². The van der Waals surface area contributed by atoms with Crippen molar-refractivity contribution in [2.75, 3.05) is 12.3 Å². The first-order valence-electron chi connectivity index (χ1n) is 7.01. The molecule has 2 aromatic rings. The van der Waals surface area contributed by atoms with E-state index in [0.29, 0.717) is 0 Å². The number of nitrogens with two attached hydrogens (primary N) is 1. The number of ether oxygens (including phenoxy) is 1. The van der Waals surface area contributed by atoms with E-state index in [9.17, 15) is 23.8 Å². The van der Waals surface area contributed by atoms with Crippen molar-refractivity contribution in [3.8, 4) is 0 Å². The number of aliphatic hydroxyl groups excluding tert-OH is 2. The Bertz CT molecular complexity index is 1050. The topological polar surface area (TPSA) is 226 Å². The Morgan fingerprint density at radius 1 is 1.19 bits per heavy atom. The van der Waals surface area contributed by atoms with Crippen molar-refractivity contribution in [3.05, 3.63) is 12.7 Å². The fraction of sp³-hybridized carbons (Fsp3) is 0.500. The number of hydrogen-bond donors (Lipinski definition) is 4. The van der Waals surface area contributed by atoms with Crippen LogP contribution >= 0.6 is 0 Å². The van der Waals surface area contributed by atoms with Crippen LogP contribution in [0.1, 0.15) is 6.23 Å². The minimum atomic E-state index is -6.55. The first-order valence-corrected chi connectivity index (χ1v) is 16.7. The third kappa shape index (κ3) is 4.41. The average molecular weight is 731 g/mol. The molecule has 0 amide bonds. The molecular formula is C10H13N5O10W2. The second kappa shape index (κ2) is 7.26. The van der Waals surface area contributed by atoms with Crippen LogP contribution < -0.4 is 5.73 Å². The number of nitrogens with zero attached hydrogens (tertiary/aromatic N) is 4. The van der Waals surface area contributed by atoms with Gasteiger partial charge >= 0.3 is 157 Å². The molecule has 150 valence electrons. The number of aromatic nitrogens is 4. The van der Waals surface area contributed by atoms with Gasteiger partial charge in [0.1, 0.15) is 0 Å². The maximum atomic E-state index is 11.4. The van der Waals surface area contributed by atoms with Crippen LogP contribution in [0.15, 0.2) is 12.7 Å². The van der Waals surface area contributed by atoms with E-state index >= 15 is 0 Å². The number of fused-ring (bicyclic) bond motifs is 1. The first kappa shape index (κ1) is 20.4. The van der Waals surface area contributed by atoms with E-state index in [-0.39, 0.29) is 17.0 Å². The molecule has 0 spiro atoms. The summed E-state index contributed by atoms with van der Waals surface area (Å²) in [4.78, 5) is 11.7. The van der Waals surface area contributed by atoms with Crippen molar-refractivity contribution in [2.45, 2.75) is 24.5 Å². The van der Waals surface area contributed by atoms with Gasteiger partial charge in [0.2, 0.25) is 0 Å². The van der Waals surface area contributed by atoms with Gasteiger partial charge in [-0.1, -0.05) is 0 Å². The van der Waals surface area contributed by atoms with Gasteiger partial charge in [-0.25, -0.2) is 0 Å². The summed E-state index contributed by atoms with van der Waals surface area (Å²) in [6, 6.07) is 0. The molecule has 4 atom stereocenters. The summed E-state index contributed by atoms with van der Waals surface area (Å²) in [6.45, 7) is -0.845. The Labute approximate surface area is 157 Å². The van der Waals surface area contributed by atoms with Gasteiger partial charge in [-0.15, -0.1) is 0 Å². The van der Waals surface area contributed by atoms with Gasteiger partial charge in [0.25, 0.3) is 0 Å². The maximum absolute atomic E-state index is 11.4. The molecule has 0 radical (unpaired) electrons. The van der Waals surface area contributed by atoms with Crippen LogP contribution in [0.25, 0.3) is 11.2 Å². The molecule has 3 heterocycles. The van der Waals surface area contributed by atoms with Crippen LogP contribution in [0.3, 0.4) is 0 Å². The molecule has 3 rings (SSSR count). The Kier molecular flexibility index (Phi) is 5.49.